The first kappa shape index (κ1) is 16.4. The van der Waals surface area contributed by atoms with Crippen LogP contribution in [0, 0.1) is 11.8 Å². The van der Waals surface area contributed by atoms with Crippen LogP contribution in [-0.2, 0) is 15.9 Å². The van der Waals surface area contributed by atoms with Crippen LogP contribution >= 0.6 is 11.5 Å². The molecule has 4 heterocycles. The molecule has 132 valence electrons. The SMILES string of the molecule is CCc1nnsc1C(=O)N1C[C@@H]2COCC[C@]2(O)[C@H]2COCC[C@H]21. The van der Waals surface area contributed by atoms with E-state index < -0.39 is 5.60 Å². The number of carbonyl (C=O) groups excluding carboxylic acids is 1. The Morgan fingerprint density at radius 2 is 2.25 bits per heavy atom. The van der Waals surface area contributed by atoms with Crippen LogP contribution in [0.15, 0.2) is 0 Å². The van der Waals surface area contributed by atoms with Crippen molar-refractivity contribution in [1.82, 2.24) is 14.5 Å². The lowest BCUT2D eigenvalue weighted by molar-refractivity contribution is -0.212. The van der Waals surface area contributed by atoms with E-state index in [4.69, 9.17) is 9.47 Å². The van der Waals surface area contributed by atoms with Gasteiger partial charge in [-0.15, -0.1) is 5.10 Å². The van der Waals surface area contributed by atoms with Crippen molar-refractivity contribution in [3.05, 3.63) is 10.6 Å². The number of ether oxygens (including phenoxy) is 2. The second-order valence-corrected chi connectivity index (χ2v) is 7.66. The van der Waals surface area contributed by atoms with Gasteiger partial charge in [-0.2, -0.15) is 0 Å². The van der Waals surface area contributed by atoms with E-state index in [1.165, 1.54) is 11.5 Å². The van der Waals surface area contributed by atoms with Crippen molar-refractivity contribution < 1.29 is 19.4 Å². The molecule has 0 saturated carbocycles. The minimum atomic E-state index is -0.792. The molecule has 4 atom stereocenters. The van der Waals surface area contributed by atoms with Crippen LogP contribution in [0.1, 0.15) is 35.1 Å². The Kier molecular flexibility index (Phi) is 4.32. The van der Waals surface area contributed by atoms with E-state index in [-0.39, 0.29) is 23.8 Å². The quantitative estimate of drug-likeness (QED) is 0.844. The Morgan fingerprint density at radius 1 is 1.42 bits per heavy atom. The summed E-state index contributed by atoms with van der Waals surface area (Å²) in [4.78, 5) is 15.7. The number of carbonyl (C=O) groups is 1. The van der Waals surface area contributed by atoms with E-state index in [1.54, 1.807) is 0 Å². The maximum Gasteiger partial charge on any atom is 0.267 e. The van der Waals surface area contributed by atoms with Crippen molar-refractivity contribution in [3.63, 3.8) is 0 Å². The fourth-order valence-electron chi connectivity index (χ4n) is 4.42. The van der Waals surface area contributed by atoms with Gasteiger partial charge in [-0.25, -0.2) is 0 Å². The van der Waals surface area contributed by atoms with Gasteiger partial charge in [0.2, 0.25) is 0 Å². The van der Waals surface area contributed by atoms with E-state index in [2.05, 4.69) is 9.59 Å². The molecule has 0 radical (unpaired) electrons. The molecule has 0 aromatic carbocycles. The molecule has 1 amide bonds. The smallest absolute Gasteiger partial charge is 0.267 e. The summed E-state index contributed by atoms with van der Waals surface area (Å²) in [6, 6.07) is 0.0115. The number of rotatable bonds is 2. The third-order valence-corrected chi connectivity index (χ3v) is 6.55. The number of nitrogens with zero attached hydrogens (tertiary/aromatic N) is 3. The van der Waals surface area contributed by atoms with Crippen LogP contribution in [0.4, 0.5) is 0 Å². The zero-order valence-corrected chi connectivity index (χ0v) is 14.6. The Morgan fingerprint density at radius 3 is 3.08 bits per heavy atom. The van der Waals surface area contributed by atoms with Crippen LogP contribution in [-0.4, -0.2) is 70.1 Å². The summed E-state index contributed by atoms with van der Waals surface area (Å²) in [5.74, 6) is -0.126. The highest BCUT2D eigenvalue weighted by Crippen LogP contribution is 2.44. The molecule has 0 unspecified atom stereocenters. The number of hydrogen-bond acceptors (Lipinski definition) is 7. The average molecular weight is 353 g/mol. The minimum absolute atomic E-state index is 0.00799. The van der Waals surface area contributed by atoms with E-state index in [0.29, 0.717) is 50.7 Å². The molecule has 0 aliphatic carbocycles. The van der Waals surface area contributed by atoms with Crippen molar-refractivity contribution in [2.24, 2.45) is 11.8 Å². The summed E-state index contributed by atoms with van der Waals surface area (Å²) in [5, 5.41) is 15.4. The van der Waals surface area contributed by atoms with Gasteiger partial charge in [-0.3, -0.25) is 4.79 Å². The molecule has 7 nitrogen and oxygen atoms in total. The number of aryl methyl sites for hydroxylation is 1. The molecule has 1 N–H and O–H groups in total. The molecular weight excluding hydrogens is 330 g/mol. The molecule has 8 heteroatoms. The third-order valence-electron chi connectivity index (χ3n) is 5.80. The number of aromatic nitrogens is 2. The van der Waals surface area contributed by atoms with E-state index in [1.807, 2.05) is 11.8 Å². The summed E-state index contributed by atoms with van der Waals surface area (Å²) in [6.07, 6.45) is 2.08. The maximum atomic E-state index is 13.2. The maximum absolute atomic E-state index is 13.2. The first-order valence-electron chi connectivity index (χ1n) is 8.65. The Hall–Kier alpha value is -1.09. The van der Waals surface area contributed by atoms with Crippen molar-refractivity contribution >= 4 is 17.4 Å². The van der Waals surface area contributed by atoms with Crippen LogP contribution in [0.5, 0.6) is 0 Å². The first-order valence-corrected chi connectivity index (χ1v) is 9.42. The van der Waals surface area contributed by atoms with Gasteiger partial charge in [0, 0.05) is 44.1 Å². The van der Waals surface area contributed by atoms with E-state index >= 15 is 0 Å². The fourth-order valence-corrected chi connectivity index (χ4v) is 5.13. The van der Waals surface area contributed by atoms with Gasteiger partial charge in [-0.1, -0.05) is 11.4 Å². The van der Waals surface area contributed by atoms with Crippen LogP contribution in [0.3, 0.4) is 0 Å². The van der Waals surface area contributed by atoms with Crippen molar-refractivity contribution in [2.45, 2.75) is 37.8 Å². The molecule has 1 aromatic heterocycles. The largest absolute Gasteiger partial charge is 0.389 e. The summed E-state index contributed by atoms with van der Waals surface area (Å²) in [5.41, 5.74) is -0.0334. The number of aliphatic hydroxyl groups is 1. The Balaban J connectivity index is 1.66. The first-order chi connectivity index (χ1) is 11.6. The summed E-state index contributed by atoms with van der Waals surface area (Å²) >= 11 is 1.17. The van der Waals surface area contributed by atoms with Crippen molar-refractivity contribution in [1.29, 1.82) is 0 Å². The van der Waals surface area contributed by atoms with Gasteiger partial charge >= 0.3 is 0 Å². The zero-order valence-electron chi connectivity index (χ0n) is 13.8. The predicted octanol–water partition coefficient (Wildman–Crippen LogP) is 0.729. The number of amides is 1. The van der Waals surface area contributed by atoms with Gasteiger partial charge in [-0.05, 0) is 24.4 Å². The number of hydrogen-bond donors (Lipinski definition) is 1. The van der Waals surface area contributed by atoms with Gasteiger partial charge < -0.3 is 19.5 Å². The van der Waals surface area contributed by atoms with Gasteiger partial charge in [0.1, 0.15) is 4.88 Å². The number of likely N-dealkylation sites (tertiary alicyclic amines) is 1. The average Bonchev–Trinajstić information content (AvgIpc) is 3.09. The van der Waals surface area contributed by atoms with Gasteiger partial charge in [0.05, 0.1) is 24.5 Å². The van der Waals surface area contributed by atoms with Gasteiger partial charge in [0.15, 0.2) is 0 Å². The summed E-state index contributed by atoms with van der Waals surface area (Å²) < 4.78 is 15.2. The van der Waals surface area contributed by atoms with Crippen LogP contribution in [0.25, 0.3) is 0 Å². The molecule has 0 spiro atoms. The number of fused-ring (bicyclic) bond motifs is 3. The molecule has 3 saturated heterocycles. The predicted molar refractivity (Wildman–Crippen MR) is 86.9 cm³/mol. The lowest BCUT2D eigenvalue weighted by atomic mass is 9.66. The fraction of sp³-hybridized carbons (Fsp3) is 0.812. The topological polar surface area (TPSA) is 84.8 Å². The van der Waals surface area contributed by atoms with Gasteiger partial charge in [0.25, 0.3) is 5.91 Å². The highest BCUT2D eigenvalue weighted by molar-refractivity contribution is 7.08. The van der Waals surface area contributed by atoms with Crippen LogP contribution in [0.2, 0.25) is 0 Å². The normalized spacial score (nSPS) is 36.1. The second-order valence-electron chi connectivity index (χ2n) is 6.91. The van der Waals surface area contributed by atoms with E-state index in [0.717, 1.165) is 12.1 Å². The van der Waals surface area contributed by atoms with Crippen LogP contribution < -0.4 is 0 Å². The molecule has 24 heavy (non-hydrogen) atoms. The summed E-state index contributed by atoms with van der Waals surface area (Å²) in [6.45, 7) is 4.70. The number of piperidine rings is 1. The molecule has 0 bridgehead atoms. The molecule has 3 aliphatic heterocycles. The van der Waals surface area contributed by atoms with E-state index in [9.17, 15) is 9.90 Å². The standard InChI is InChI=1S/C16H23N3O4S/c1-2-12-14(24-18-17-12)15(20)19-7-10-8-23-6-4-16(10,21)11-9-22-5-3-13(11)19/h10-11,13,21H,2-9H2,1H3/t10-,11+,13-,16-/m1/s1. The zero-order chi connectivity index (χ0) is 16.7. The Labute approximate surface area is 145 Å². The highest BCUT2D eigenvalue weighted by atomic mass is 32.1. The monoisotopic (exact) mass is 353 g/mol. The molecular formula is C16H23N3O4S. The lowest BCUT2D eigenvalue weighted by Crippen LogP contribution is -2.68. The second kappa shape index (κ2) is 6.33. The molecule has 1 aromatic rings. The minimum Gasteiger partial charge on any atom is -0.389 e. The molecule has 4 rings (SSSR count). The molecule has 3 aliphatic rings. The van der Waals surface area contributed by atoms with Crippen molar-refractivity contribution in [3.8, 4) is 0 Å². The third kappa shape index (κ3) is 2.47. The highest BCUT2D eigenvalue weighted by Gasteiger charge is 2.56. The lowest BCUT2D eigenvalue weighted by Gasteiger charge is -2.57. The van der Waals surface area contributed by atoms with Crippen molar-refractivity contribution in [2.75, 3.05) is 33.0 Å². The Bertz CT molecular complexity index is 624. The molecule has 3 fully saturated rings. The summed E-state index contributed by atoms with van der Waals surface area (Å²) in [7, 11) is 0.